The second-order valence-electron chi connectivity index (χ2n) is 12.6. The number of imidazole rings is 1. The summed E-state index contributed by atoms with van der Waals surface area (Å²) in [7, 11) is 0. The third-order valence-corrected chi connectivity index (χ3v) is 9.60. The molecule has 1 amide bonds. The quantitative estimate of drug-likeness (QED) is 0.235. The van der Waals surface area contributed by atoms with Crippen LogP contribution in [0.1, 0.15) is 110 Å². The Kier molecular flexibility index (Phi) is 9.10. The Balaban J connectivity index is 1.63. The molecule has 3 heterocycles. The maximum Gasteiger partial charge on any atom is 0.433 e. The van der Waals surface area contributed by atoms with Gasteiger partial charge in [0.2, 0.25) is 5.95 Å². The van der Waals surface area contributed by atoms with Crippen LogP contribution in [0, 0.1) is 17.8 Å². The Hall–Kier alpha value is -2.91. The van der Waals surface area contributed by atoms with E-state index in [9.17, 15) is 9.90 Å². The topological polar surface area (TPSA) is 135 Å². The van der Waals surface area contributed by atoms with Crippen LogP contribution in [-0.2, 0) is 6.54 Å². The van der Waals surface area contributed by atoms with Crippen LogP contribution in [0.3, 0.4) is 0 Å². The minimum Gasteiger partial charge on any atom is -0.463 e. The summed E-state index contributed by atoms with van der Waals surface area (Å²) in [4.78, 5) is 32.1. The Morgan fingerprint density at radius 2 is 1.88 bits per heavy atom. The lowest BCUT2D eigenvalue weighted by molar-refractivity contribution is 0.205. The molecule has 3 aliphatic rings. The van der Waals surface area contributed by atoms with Crippen LogP contribution >= 0.6 is 0 Å². The smallest absolute Gasteiger partial charge is 0.433 e. The molecular formula is C30H48N8O2. The average Bonchev–Trinajstić information content (AvgIpc) is 3.25. The molecule has 5 rings (SSSR count). The predicted molar refractivity (Wildman–Crippen MR) is 160 cm³/mol. The molecule has 10 heteroatoms. The van der Waals surface area contributed by atoms with Crippen molar-refractivity contribution in [3.8, 4) is 0 Å². The number of amidine groups is 1. The number of anilines is 2. The lowest BCUT2D eigenvalue weighted by Gasteiger charge is -2.37. The van der Waals surface area contributed by atoms with Crippen molar-refractivity contribution in [2.45, 2.75) is 123 Å². The van der Waals surface area contributed by atoms with E-state index in [-0.39, 0.29) is 17.7 Å². The standard InChI is InChI=1S/C30H48N8O2/c1-4-5-11-23-12-6-7-17-37(23)29-36-27-24(38(29)18-21-15-13-19(2)14-16-21)26(32-20(3)22-9-8-10-22)34-28(35-27)25(31)33-30(39)40/h19-23H,4-18H2,1-3H3,(H2,31,33)(H,39,40)(H,32,34,35). The molecule has 2 atom stereocenters. The zero-order chi connectivity index (χ0) is 28.2. The molecule has 0 spiro atoms. The fraction of sp³-hybridized carbons (Fsp3) is 0.767. The fourth-order valence-corrected chi connectivity index (χ4v) is 6.83. The molecule has 40 heavy (non-hydrogen) atoms. The van der Waals surface area contributed by atoms with Crippen LogP contribution in [0.4, 0.5) is 16.6 Å². The summed E-state index contributed by atoms with van der Waals surface area (Å²) in [5, 5.41) is 12.9. The summed E-state index contributed by atoms with van der Waals surface area (Å²) in [6.07, 6.45) is 14.4. The number of hydrogen-bond donors (Lipinski definition) is 3. The maximum absolute atomic E-state index is 11.3. The summed E-state index contributed by atoms with van der Waals surface area (Å²) in [5.74, 6) is 3.55. The van der Waals surface area contributed by atoms with E-state index < -0.39 is 6.09 Å². The molecule has 0 bridgehead atoms. The van der Waals surface area contributed by atoms with E-state index in [1.165, 1.54) is 77.0 Å². The highest BCUT2D eigenvalue weighted by atomic mass is 16.4. The Labute approximate surface area is 238 Å². The number of nitrogens with zero attached hydrogens (tertiary/aromatic N) is 6. The molecule has 1 saturated heterocycles. The van der Waals surface area contributed by atoms with Gasteiger partial charge in [0, 0.05) is 25.2 Å². The Morgan fingerprint density at radius 1 is 1.10 bits per heavy atom. The first-order chi connectivity index (χ1) is 19.3. The molecule has 2 unspecified atom stereocenters. The minimum absolute atomic E-state index is 0.113. The zero-order valence-electron chi connectivity index (χ0n) is 24.6. The van der Waals surface area contributed by atoms with Gasteiger partial charge < -0.3 is 25.6 Å². The Morgan fingerprint density at radius 3 is 2.55 bits per heavy atom. The van der Waals surface area contributed by atoms with Crippen molar-refractivity contribution < 1.29 is 9.90 Å². The van der Waals surface area contributed by atoms with Crippen molar-refractivity contribution in [3.05, 3.63) is 5.82 Å². The molecule has 0 radical (unpaired) electrons. The highest BCUT2D eigenvalue weighted by Gasteiger charge is 2.32. The van der Waals surface area contributed by atoms with Crippen molar-refractivity contribution in [3.63, 3.8) is 0 Å². The summed E-state index contributed by atoms with van der Waals surface area (Å²) in [6.45, 7) is 8.71. The second kappa shape index (κ2) is 12.7. The average molecular weight is 553 g/mol. The van der Waals surface area contributed by atoms with Gasteiger partial charge in [-0.25, -0.2) is 14.8 Å². The number of hydrogen-bond acceptors (Lipinski definition) is 6. The third-order valence-electron chi connectivity index (χ3n) is 9.60. The highest BCUT2D eigenvalue weighted by molar-refractivity contribution is 6.01. The fourth-order valence-electron chi connectivity index (χ4n) is 6.83. The SMILES string of the molecule is CCCCC1CCCCN1c1nc2nc(C(N)=NC(=O)O)nc(NC(C)C3CCC3)c2n1CC1CCC(C)CC1. The van der Waals surface area contributed by atoms with Crippen LogP contribution < -0.4 is 16.0 Å². The third kappa shape index (κ3) is 6.36. The predicted octanol–water partition coefficient (Wildman–Crippen LogP) is 6.19. The molecule has 10 nitrogen and oxygen atoms in total. The number of rotatable bonds is 10. The van der Waals surface area contributed by atoms with Gasteiger partial charge in [-0.1, -0.05) is 46.0 Å². The molecule has 1 aliphatic heterocycles. The van der Waals surface area contributed by atoms with Crippen LogP contribution in [0.2, 0.25) is 0 Å². The molecule has 4 N–H and O–H groups in total. The summed E-state index contributed by atoms with van der Waals surface area (Å²) >= 11 is 0. The van der Waals surface area contributed by atoms with Gasteiger partial charge in [0.05, 0.1) is 0 Å². The number of aromatic nitrogens is 4. The van der Waals surface area contributed by atoms with Crippen LogP contribution in [0.25, 0.3) is 11.2 Å². The molecule has 220 valence electrons. The normalized spacial score (nSPS) is 25.1. The maximum atomic E-state index is 11.3. The second-order valence-corrected chi connectivity index (χ2v) is 12.6. The van der Waals surface area contributed by atoms with Crippen LogP contribution in [-0.4, -0.2) is 55.2 Å². The van der Waals surface area contributed by atoms with Crippen molar-refractivity contribution in [1.29, 1.82) is 0 Å². The molecule has 2 aromatic rings. The number of aliphatic imine (C=N–C) groups is 1. The molecular weight excluding hydrogens is 504 g/mol. The molecule has 0 aromatic carbocycles. The number of carboxylic acid groups (broad SMARTS) is 1. The van der Waals surface area contributed by atoms with Gasteiger partial charge >= 0.3 is 6.09 Å². The summed E-state index contributed by atoms with van der Waals surface area (Å²) in [5.41, 5.74) is 7.56. The number of piperidine rings is 1. The van der Waals surface area contributed by atoms with E-state index in [1.807, 2.05) is 0 Å². The first-order valence-corrected chi connectivity index (χ1v) is 15.7. The summed E-state index contributed by atoms with van der Waals surface area (Å²) in [6, 6.07) is 0.693. The lowest BCUT2D eigenvalue weighted by Crippen LogP contribution is -2.41. The Bertz CT molecular complexity index is 1200. The van der Waals surface area contributed by atoms with Gasteiger partial charge in [-0.15, -0.1) is 0 Å². The number of unbranched alkanes of at least 4 members (excludes halogenated alkanes) is 1. The van der Waals surface area contributed by atoms with E-state index in [2.05, 4.69) is 40.5 Å². The largest absolute Gasteiger partial charge is 0.463 e. The van der Waals surface area contributed by atoms with Gasteiger partial charge in [0.1, 0.15) is 5.52 Å². The monoisotopic (exact) mass is 552 g/mol. The number of fused-ring (bicyclic) bond motifs is 1. The van der Waals surface area contributed by atoms with Crippen LogP contribution in [0.15, 0.2) is 4.99 Å². The van der Waals surface area contributed by atoms with E-state index >= 15 is 0 Å². The first kappa shape index (κ1) is 28.6. The van der Waals surface area contributed by atoms with Gasteiger partial charge in [0.25, 0.3) is 0 Å². The first-order valence-electron chi connectivity index (χ1n) is 15.7. The van der Waals surface area contributed by atoms with Crippen molar-refractivity contribution >= 4 is 34.9 Å². The molecule has 2 aromatic heterocycles. The van der Waals surface area contributed by atoms with Gasteiger partial charge in [-0.05, 0) is 76.0 Å². The molecule has 3 fully saturated rings. The minimum atomic E-state index is -1.36. The van der Waals surface area contributed by atoms with Gasteiger partial charge in [-0.2, -0.15) is 9.98 Å². The van der Waals surface area contributed by atoms with E-state index in [0.717, 1.165) is 36.9 Å². The van der Waals surface area contributed by atoms with Gasteiger partial charge in [-0.3, -0.25) is 0 Å². The zero-order valence-corrected chi connectivity index (χ0v) is 24.6. The van der Waals surface area contributed by atoms with E-state index in [1.54, 1.807) is 0 Å². The van der Waals surface area contributed by atoms with Gasteiger partial charge in [0.15, 0.2) is 23.1 Å². The number of nitrogens with one attached hydrogen (secondary N) is 1. The highest BCUT2D eigenvalue weighted by Crippen LogP contribution is 2.37. The van der Waals surface area contributed by atoms with E-state index in [4.69, 9.17) is 20.7 Å². The number of nitrogens with two attached hydrogens (primary N) is 1. The summed E-state index contributed by atoms with van der Waals surface area (Å²) < 4.78 is 2.39. The number of carbonyl (C=O) groups is 1. The van der Waals surface area contributed by atoms with Crippen LogP contribution in [0.5, 0.6) is 0 Å². The number of amides is 1. The van der Waals surface area contributed by atoms with Crippen molar-refractivity contribution in [2.24, 2.45) is 28.5 Å². The molecule has 2 saturated carbocycles. The molecule has 2 aliphatic carbocycles. The van der Waals surface area contributed by atoms with Crippen molar-refractivity contribution in [1.82, 2.24) is 19.5 Å². The van der Waals surface area contributed by atoms with E-state index in [0.29, 0.717) is 29.3 Å². The van der Waals surface area contributed by atoms with Crippen molar-refractivity contribution in [2.75, 3.05) is 16.8 Å². The lowest BCUT2D eigenvalue weighted by atomic mass is 9.80.